The van der Waals surface area contributed by atoms with Crippen LogP contribution in [-0.2, 0) is 10.8 Å². The zero-order chi connectivity index (χ0) is 72.8. The van der Waals surface area contributed by atoms with Crippen molar-refractivity contribution in [2.24, 2.45) is 0 Å². The molecule has 12 nitrogen and oxygen atoms in total. The van der Waals surface area contributed by atoms with E-state index in [0.717, 1.165) is 133 Å². The van der Waals surface area contributed by atoms with E-state index in [2.05, 4.69) is 268 Å². The van der Waals surface area contributed by atoms with Crippen LogP contribution < -0.4 is 0 Å². The lowest BCUT2D eigenvalue weighted by Crippen LogP contribution is -2.10. The van der Waals surface area contributed by atoms with E-state index in [4.69, 9.17) is 43.7 Å². The predicted octanol–water partition coefficient (Wildman–Crippen LogP) is 24.5. The van der Waals surface area contributed by atoms with Crippen LogP contribution in [0.2, 0.25) is 0 Å². The Hall–Kier alpha value is -13.8. The minimum absolute atomic E-state index is 0.0329. The molecule has 0 amide bonds. The molecule has 8 heterocycles. The third-order valence-electron chi connectivity index (χ3n) is 20.6. The number of benzene rings is 12. The van der Waals surface area contributed by atoms with Crippen LogP contribution in [0.3, 0.4) is 0 Å². The van der Waals surface area contributed by atoms with Crippen LogP contribution in [0.5, 0.6) is 0 Å². The molecule has 12 heteroatoms. The first-order valence-electron chi connectivity index (χ1n) is 36.4. The van der Waals surface area contributed by atoms with Gasteiger partial charge in [-0.1, -0.05) is 260 Å². The molecule has 0 aliphatic rings. The van der Waals surface area contributed by atoms with Crippen LogP contribution in [-0.4, -0.2) is 49.0 Å². The number of para-hydroxylation sites is 4. The van der Waals surface area contributed by atoms with E-state index in [1.54, 1.807) is 0 Å². The van der Waals surface area contributed by atoms with Crippen LogP contribution >= 0.6 is 0 Å². The van der Waals surface area contributed by atoms with E-state index >= 15 is 0 Å². The number of aromatic nitrogens is 10. The molecule has 108 heavy (non-hydrogen) atoms. The van der Waals surface area contributed by atoms with Crippen molar-refractivity contribution in [1.82, 2.24) is 49.0 Å². The van der Waals surface area contributed by atoms with Crippen molar-refractivity contribution >= 4 is 87.5 Å². The molecule has 0 saturated carbocycles. The predicted molar refractivity (Wildman–Crippen MR) is 439 cm³/mol. The molecule has 0 aliphatic heterocycles. The lowest BCUT2D eigenvalue weighted by Gasteiger charge is -2.19. The first-order chi connectivity index (χ1) is 52.8. The van der Waals surface area contributed by atoms with Crippen molar-refractivity contribution in [3.8, 4) is 102 Å². The summed E-state index contributed by atoms with van der Waals surface area (Å²) >= 11 is 0. The Balaban J connectivity index is 0.000000147. The Kier molecular flexibility index (Phi) is 15.7. The molecule has 0 atom stereocenters. The summed E-state index contributed by atoms with van der Waals surface area (Å²) in [6.45, 7) is 13.3. The molecule has 0 saturated heterocycles. The highest BCUT2D eigenvalue weighted by Gasteiger charge is 2.24. The summed E-state index contributed by atoms with van der Waals surface area (Å²) < 4.78 is 16.9. The van der Waals surface area contributed by atoms with Crippen molar-refractivity contribution in [3.63, 3.8) is 0 Å². The van der Waals surface area contributed by atoms with Gasteiger partial charge < -0.3 is 18.0 Å². The average molecular weight is 1400 g/mol. The number of hydrogen-bond acceptors (Lipinski definition) is 10. The van der Waals surface area contributed by atoms with Gasteiger partial charge in [0.1, 0.15) is 28.0 Å². The first-order valence-corrected chi connectivity index (χ1v) is 36.4. The second-order valence-corrected chi connectivity index (χ2v) is 29.6. The van der Waals surface area contributed by atoms with Crippen LogP contribution in [0.4, 0.5) is 0 Å². The van der Waals surface area contributed by atoms with Gasteiger partial charge in [0.15, 0.2) is 34.9 Å². The number of furan rings is 2. The monoisotopic (exact) mass is 1390 g/mol. The Morgan fingerprint density at radius 3 is 1.15 bits per heavy atom. The fraction of sp³-hybridized carbons (Fsp3) is 0.0833. The summed E-state index contributed by atoms with van der Waals surface area (Å²) in [5.74, 6) is 3.50. The first kappa shape index (κ1) is 65.0. The van der Waals surface area contributed by atoms with E-state index in [1.165, 1.54) is 27.3 Å². The Labute approximate surface area is 623 Å². The van der Waals surface area contributed by atoms with E-state index in [9.17, 15) is 0 Å². The van der Waals surface area contributed by atoms with Gasteiger partial charge in [-0.3, -0.25) is 9.97 Å². The van der Waals surface area contributed by atoms with Gasteiger partial charge in [0.2, 0.25) is 0 Å². The van der Waals surface area contributed by atoms with Crippen LogP contribution in [0.15, 0.2) is 325 Å². The van der Waals surface area contributed by atoms with Crippen LogP contribution in [0, 0.1) is 0 Å². The summed E-state index contributed by atoms with van der Waals surface area (Å²) in [5.41, 5.74) is 22.1. The molecular formula is C96H70N10O2. The van der Waals surface area contributed by atoms with Gasteiger partial charge in [-0.05, 0) is 123 Å². The molecule has 20 aromatic rings. The molecule has 0 N–H and O–H groups in total. The fourth-order valence-electron chi connectivity index (χ4n) is 15.0. The van der Waals surface area contributed by atoms with Gasteiger partial charge in [-0.2, -0.15) is 0 Å². The maximum Gasteiger partial charge on any atom is 0.182 e. The molecular weight excluding hydrogens is 1330 g/mol. The summed E-state index contributed by atoms with van der Waals surface area (Å²) in [4.78, 5) is 39.7. The van der Waals surface area contributed by atoms with Crippen LogP contribution in [0.25, 0.3) is 190 Å². The third-order valence-corrected chi connectivity index (χ3v) is 20.6. The van der Waals surface area contributed by atoms with Gasteiger partial charge in [0.05, 0.1) is 33.3 Å². The SMILES string of the molecule is CC(C)(C)c1ccc(-c2nc(-c3ccccc3)nc(-c3cc(-n4c5ccccc5c5ccc(-c6ccc7oc8ccccc8c7c6)cc54)ccn3)n2)cc1.CC(C)(C)c1ccc(-c2nc(-c3ccccc3)nc(-c3cnccc3-n3c4ccccc4c4ccc(-c5ccc6oc7ccccc7c6c5)cc43)n2)cc1. The second kappa shape index (κ2) is 26.1. The van der Waals surface area contributed by atoms with Crippen molar-refractivity contribution in [2.75, 3.05) is 0 Å². The molecule has 0 spiro atoms. The highest BCUT2D eigenvalue weighted by molar-refractivity contribution is 6.13. The second-order valence-electron chi connectivity index (χ2n) is 29.6. The lowest BCUT2D eigenvalue weighted by molar-refractivity contribution is 0.590. The molecule has 12 aromatic carbocycles. The summed E-state index contributed by atoms with van der Waals surface area (Å²) in [6.07, 6.45) is 5.55. The van der Waals surface area contributed by atoms with Gasteiger partial charge in [0.25, 0.3) is 0 Å². The van der Waals surface area contributed by atoms with Crippen molar-refractivity contribution in [3.05, 3.63) is 327 Å². The molecule has 0 bridgehead atoms. The smallest absolute Gasteiger partial charge is 0.182 e. The lowest BCUT2D eigenvalue weighted by atomic mass is 9.86. The summed E-state index contributed by atoms with van der Waals surface area (Å²) in [5, 5.41) is 9.13. The zero-order valence-corrected chi connectivity index (χ0v) is 60.3. The maximum atomic E-state index is 6.15. The van der Waals surface area contributed by atoms with E-state index < -0.39 is 0 Å². The van der Waals surface area contributed by atoms with E-state index in [0.29, 0.717) is 40.6 Å². The molecule has 516 valence electrons. The van der Waals surface area contributed by atoms with Crippen molar-refractivity contribution in [1.29, 1.82) is 0 Å². The van der Waals surface area contributed by atoms with E-state index in [-0.39, 0.29) is 10.8 Å². The largest absolute Gasteiger partial charge is 0.456 e. The highest BCUT2D eigenvalue weighted by atomic mass is 16.3. The number of hydrogen-bond donors (Lipinski definition) is 0. The van der Waals surface area contributed by atoms with Gasteiger partial charge in [-0.25, -0.2) is 29.9 Å². The van der Waals surface area contributed by atoms with Gasteiger partial charge in [0, 0.05) is 89.6 Å². The molecule has 0 radical (unpaired) electrons. The molecule has 0 aliphatic carbocycles. The Bertz CT molecular complexity index is 6880. The van der Waals surface area contributed by atoms with Crippen molar-refractivity contribution in [2.45, 2.75) is 52.4 Å². The van der Waals surface area contributed by atoms with E-state index in [1.807, 2.05) is 104 Å². The standard InChI is InChI=1S/2C48H35N5O/c1-48(2,3)34-21-17-31(18-22-34)46-50-45(30-11-5-4-6-12-30)51-47(52-46)40-29-35(25-26-49-40)53-41-15-9-7-13-36(41)37-23-19-33(28-42(37)53)32-20-24-44-39(27-32)38-14-8-10-16-43(38)54-44;1-48(2,3)34-21-17-31(18-22-34)46-50-45(30-11-5-4-6-12-30)51-47(52-46)39-29-49-26-25-41(39)53-40-15-9-7-13-35(40)36-23-19-33(28-42(36)53)32-20-24-44-38(27-32)37-14-8-10-16-43(37)54-44/h2*4-29H,1-3H3. The quantitative estimate of drug-likeness (QED) is 0.130. The fourth-order valence-corrected chi connectivity index (χ4v) is 15.0. The number of rotatable bonds is 10. The van der Waals surface area contributed by atoms with Gasteiger partial charge in [-0.15, -0.1) is 0 Å². The topological polar surface area (TPSA) is 139 Å². The minimum Gasteiger partial charge on any atom is -0.456 e. The average Bonchev–Trinajstić information content (AvgIpc) is 1.56. The number of pyridine rings is 2. The van der Waals surface area contributed by atoms with Crippen LogP contribution in [0.1, 0.15) is 52.7 Å². The highest BCUT2D eigenvalue weighted by Crippen LogP contribution is 2.42. The number of fused-ring (bicyclic) bond motifs is 12. The molecule has 20 rings (SSSR count). The van der Waals surface area contributed by atoms with Crippen molar-refractivity contribution < 1.29 is 8.83 Å². The molecule has 0 unspecified atom stereocenters. The molecule has 8 aromatic heterocycles. The zero-order valence-electron chi connectivity index (χ0n) is 60.3. The Morgan fingerprint density at radius 1 is 0.269 bits per heavy atom. The minimum atomic E-state index is 0.0329. The summed E-state index contributed by atoms with van der Waals surface area (Å²) in [7, 11) is 0. The summed E-state index contributed by atoms with van der Waals surface area (Å²) in [6, 6.07) is 103. The maximum absolute atomic E-state index is 6.15. The third kappa shape index (κ3) is 11.8. The molecule has 0 fully saturated rings. The Morgan fingerprint density at radius 2 is 0.648 bits per heavy atom. The normalized spacial score (nSPS) is 12.0. The number of nitrogens with zero attached hydrogens (tertiary/aromatic N) is 10. The van der Waals surface area contributed by atoms with Gasteiger partial charge >= 0.3 is 0 Å².